The number of carbonyl (C=O) groups is 1. The SMILES string of the molecule is NCc1cccc([C@H](C#CCO)Nc2cc(Cl)cc(NC(=O)OCc3ccccc3)c2)c1. The molecule has 0 saturated carbocycles. The topological polar surface area (TPSA) is 96.6 Å². The van der Waals surface area contributed by atoms with Crippen molar-refractivity contribution in [1.29, 1.82) is 0 Å². The quantitative estimate of drug-likeness (QED) is 0.392. The van der Waals surface area contributed by atoms with E-state index in [1.54, 1.807) is 18.2 Å². The molecule has 1 atom stereocenters. The highest BCUT2D eigenvalue weighted by Gasteiger charge is 2.12. The van der Waals surface area contributed by atoms with Gasteiger partial charge >= 0.3 is 6.09 Å². The zero-order chi connectivity index (χ0) is 22.8. The second-order valence-electron chi connectivity index (χ2n) is 6.92. The Morgan fingerprint density at radius 3 is 2.53 bits per heavy atom. The van der Waals surface area contributed by atoms with Crippen molar-refractivity contribution in [3.63, 3.8) is 0 Å². The lowest BCUT2D eigenvalue weighted by atomic mass is 10.0. The minimum atomic E-state index is -0.589. The van der Waals surface area contributed by atoms with Crippen LogP contribution in [0.4, 0.5) is 16.2 Å². The summed E-state index contributed by atoms with van der Waals surface area (Å²) in [6.07, 6.45) is -0.589. The van der Waals surface area contributed by atoms with E-state index in [1.165, 1.54) is 0 Å². The summed E-state index contributed by atoms with van der Waals surface area (Å²) in [6, 6.07) is 21.8. The molecule has 164 valence electrons. The average molecular weight is 450 g/mol. The second kappa shape index (κ2) is 11.8. The highest BCUT2D eigenvalue weighted by Crippen LogP contribution is 2.27. The Labute approximate surface area is 192 Å². The molecular formula is C25H24ClN3O3. The fourth-order valence-electron chi connectivity index (χ4n) is 3.04. The van der Waals surface area contributed by atoms with Crippen LogP contribution in [-0.4, -0.2) is 17.8 Å². The third-order valence-electron chi connectivity index (χ3n) is 4.51. The molecule has 0 aromatic heterocycles. The van der Waals surface area contributed by atoms with Gasteiger partial charge in [0.25, 0.3) is 0 Å². The monoisotopic (exact) mass is 449 g/mol. The molecule has 6 nitrogen and oxygen atoms in total. The molecule has 0 unspecified atom stereocenters. The fourth-order valence-corrected chi connectivity index (χ4v) is 3.27. The van der Waals surface area contributed by atoms with Crippen molar-refractivity contribution in [1.82, 2.24) is 0 Å². The lowest BCUT2D eigenvalue weighted by Gasteiger charge is -2.17. The van der Waals surface area contributed by atoms with Crippen LogP contribution >= 0.6 is 11.6 Å². The molecule has 5 N–H and O–H groups in total. The second-order valence-corrected chi connectivity index (χ2v) is 7.36. The predicted octanol–water partition coefficient (Wildman–Crippen LogP) is 4.70. The number of amides is 1. The molecule has 0 radical (unpaired) electrons. The number of anilines is 2. The maximum Gasteiger partial charge on any atom is 0.411 e. The molecule has 0 fully saturated rings. The first-order chi connectivity index (χ1) is 15.6. The molecule has 0 spiro atoms. The van der Waals surface area contributed by atoms with Crippen LogP contribution in [0.25, 0.3) is 0 Å². The van der Waals surface area contributed by atoms with E-state index < -0.39 is 12.1 Å². The molecule has 3 aromatic carbocycles. The molecule has 0 aliphatic carbocycles. The van der Waals surface area contributed by atoms with Crippen LogP contribution in [0.5, 0.6) is 0 Å². The number of hydrogen-bond donors (Lipinski definition) is 4. The molecule has 0 heterocycles. The smallest absolute Gasteiger partial charge is 0.411 e. The van der Waals surface area contributed by atoms with Gasteiger partial charge in [-0.2, -0.15) is 0 Å². The molecule has 0 bridgehead atoms. The molecule has 32 heavy (non-hydrogen) atoms. The summed E-state index contributed by atoms with van der Waals surface area (Å²) in [6.45, 7) is 0.309. The number of aliphatic hydroxyl groups excluding tert-OH is 1. The molecule has 7 heteroatoms. The number of hydrogen-bond acceptors (Lipinski definition) is 5. The van der Waals surface area contributed by atoms with Crippen molar-refractivity contribution in [3.05, 3.63) is 94.5 Å². The molecule has 0 aliphatic heterocycles. The van der Waals surface area contributed by atoms with Crippen LogP contribution in [0.15, 0.2) is 72.8 Å². The van der Waals surface area contributed by atoms with E-state index in [4.69, 9.17) is 27.2 Å². The van der Waals surface area contributed by atoms with Crippen LogP contribution in [0.1, 0.15) is 22.7 Å². The summed E-state index contributed by atoms with van der Waals surface area (Å²) in [5.74, 6) is 5.68. The van der Waals surface area contributed by atoms with Gasteiger partial charge in [0, 0.05) is 22.9 Å². The van der Waals surface area contributed by atoms with Gasteiger partial charge < -0.3 is 20.9 Å². The van der Waals surface area contributed by atoms with Crippen molar-refractivity contribution in [2.75, 3.05) is 17.2 Å². The summed E-state index contributed by atoms with van der Waals surface area (Å²) < 4.78 is 5.27. The number of nitrogens with two attached hydrogens (primary N) is 1. The van der Waals surface area contributed by atoms with Crippen LogP contribution in [-0.2, 0) is 17.9 Å². The van der Waals surface area contributed by atoms with Gasteiger partial charge in [-0.25, -0.2) is 4.79 Å². The Kier molecular flexibility index (Phi) is 8.52. The van der Waals surface area contributed by atoms with Crippen molar-refractivity contribution in [2.24, 2.45) is 5.73 Å². The number of nitrogens with one attached hydrogen (secondary N) is 2. The number of aliphatic hydroxyl groups is 1. The maximum atomic E-state index is 12.2. The van der Waals surface area contributed by atoms with Gasteiger partial charge in [-0.3, -0.25) is 5.32 Å². The van der Waals surface area contributed by atoms with E-state index >= 15 is 0 Å². The zero-order valence-electron chi connectivity index (χ0n) is 17.3. The summed E-state index contributed by atoms with van der Waals surface area (Å²) in [5, 5.41) is 15.6. The first kappa shape index (κ1) is 23.2. The van der Waals surface area contributed by atoms with Gasteiger partial charge in [-0.15, -0.1) is 0 Å². The minimum absolute atomic E-state index is 0.161. The lowest BCUT2D eigenvalue weighted by molar-refractivity contribution is 0.155. The van der Waals surface area contributed by atoms with Crippen molar-refractivity contribution in [3.8, 4) is 11.8 Å². The summed E-state index contributed by atoms with van der Waals surface area (Å²) in [7, 11) is 0. The Balaban J connectivity index is 1.73. The Morgan fingerprint density at radius 2 is 1.78 bits per heavy atom. The number of ether oxygens (including phenoxy) is 1. The largest absolute Gasteiger partial charge is 0.444 e. The summed E-state index contributed by atoms with van der Waals surface area (Å²) >= 11 is 6.26. The van der Waals surface area contributed by atoms with E-state index in [9.17, 15) is 4.79 Å². The van der Waals surface area contributed by atoms with Crippen molar-refractivity contribution >= 4 is 29.1 Å². The third-order valence-corrected chi connectivity index (χ3v) is 4.73. The Bertz CT molecular complexity index is 1110. The molecule has 3 rings (SSSR count). The van der Waals surface area contributed by atoms with Gasteiger partial charge in [0.2, 0.25) is 0 Å². The molecule has 0 aliphatic rings. The van der Waals surface area contributed by atoms with E-state index in [0.29, 0.717) is 22.9 Å². The van der Waals surface area contributed by atoms with E-state index in [1.807, 2.05) is 54.6 Å². The number of rotatable bonds is 7. The number of benzene rings is 3. The normalized spacial score (nSPS) is 11.1. The predicted molar refractivity (Wildman–Crippen MR) is 127 cm³/mol. The van der Waals surface area contributed by atoms with Gasteiger partial charge in [-0.05, 0) is 34.9 Å². The first-order valence-electron chi connectivity index (χ1n) is 10.0. The first-order valence-corrected chi connectivity index (χ1v) is 10.4. The number of halogens is 1. The van der Waals surface area contributed by atoms with E-state index in [2.05, 4.69) is 22.5 Å². The van der Waals surface area contributed by atoms with Crippen molar-refractivity contribution in [2.45, 2.75) is 19.2 Å². The average Bonchev–Trinajstić information content (AvgIpc) is 2.80. The Morgan fingerprint density at radius 1 is 1.03 bits per heavy atom. The van der Waals surface area contributed by atoms with Gasteiger partial charge in [0.15, 0.2) is 0 Å². The minimum Gasteiger partial charge on any atom is -0.444 e. The zero-order valence-corrected chi connectivity index (χ0v) is 18.1. The highest BCUT2D eigenvalue weighted by atomic mass is 35.5. The highest BCUT2D eigenvalue weighted by molar-refractivity contribution is 6.31. The fraction of sp³-hybridized carbons (Fsp3) is 0.160. The lowest BCUT2D eigenvalue weighted by Crippen LogP contribution is -2.14. The number of carbonyl (C=O) groups excluding carboxylic acids is 1. The summed E-state index contributed by atoms with van der Waals surface area (Å²) in [5.41, 5.74) is 9.62. The van der Waals surface area contributed by atoms with Gasteiger partial charge in [0.1, 0.15) is 19.3 Å². The molecule has 0 saturated heterocycles. The summed E-state index contributed by atoms with van der Waals surface area (Å²) in [4.78, 5) is 12.2. The van der Waals surface area contributed by atoms with Crippen LogP contribution in [0.2, 0.25) is 5.02 Å². The van der Waals surface area contributed by atoms with Gasteiger partial charge in [-0.1, -0.05) is 78.0 Å². The molecule has 1 amide bonds. The van der Waals surface area contributed by atoms with Gasteiger partial charge in [0.05, 0.1) is 0 Å². The van der Waals surface area contributed by atoms with Crippen LogP contribution in [0, 0.1) is 11.8 Å². The van der Waals surface area contributed by atoms with E-state index in [0.717, 1.165) is 16.7 Å². The Hall–Kier alpha value is -3.50. The third kappa shape index (κ3) is 7.03. The van der Waals surface area contributed by atoms with E-state index in [-0.39, 0.29) is 13.2 Å². The maximum absolute atomic E-state index is 12.2. The molecular weight excluding hydrogens is 426 g/mol. The van der Waals surface area contributed by atoms with Crippen molar-refractivity contribution < 1.29 is 14.6 Å². The van der Waals surface area contributed by atoms with Crippen LogP contribution < -0.4 is 16.4 Å². The molecule has 3 aromatic rings. The van der Waals surface area contributed by atoms with Crippen LogP contribution in [0.3, 0.4) is 0 Å². The standard InChI is InChI=1S/C25H24ClN3O3/c26-21-13-22(28-24(10-5-11-30)20-9-4-8-19(12-20)16-27)15-23(14-21)29-25(31)32-17-18-6-2-1-3-7-18/h1-4,6-9,12-15,24,28,30H,11,16-17,27H2,(H,29,31)/t24-/m0/s1.